The van der Waals surface area contributed by atoms with Crippen LogP contribution in [-0.4, -0.2) is 25.0 Å². The maximum absolute atomic E-state index is 11.5. The van der Waals surface area contributed by atoms with Crippen LogP contribution in [0, 0.1) is 0 Å². The Morgan fingerprint density at radius 3 is 3.15 bits per heavy atom. The highest BCUT2D eigenvalue weighted by molar-refractivity contribution is 5.81. The Kier molecular flexibility index (Phi) is 4.54. The topological polar surface area (TPSA) is 41.1 Å². The molecule has 74 valence electrons. The summed E-state index contributed by atoms with van der Waals surface area (Å²) in [6.07, 6.45) is 6.24. The number of nitrogens with one attached hydrogen (secondary N) is 2. The van der Waals surface area contributed by atoms with Crippen LogP contribution in [0.2, 0.25) is 0 Å². The van der Waals surface area contributed by atoms with E-state index in [9.17, 15) is 4.79 Å². The second-order valence-electron chi connectivity index (χ2n) is 3.39. The van der Waals surface area contributed by atoms with E-state index in [1.54, 1.807) is 6.08 Å². The Hall–Kier alpha value is -0.830. The molecule has 0 aromatic heterocycles. The van der Waals surface area contributed by atoms with E-state index in [4.69, 9.17) is 0 Å². The maximum atomic E-state index is 11.5. The number of carbonyl (C=O) groups is 1. The van der Waals surface area contributed by atoms with Crippen LogP contribution in [0.1, 0.15) is 25.7 Å². The summed E-state index contributed by atoms with van der Waals surface area (Å²) in [6, 6.07) is 0.0162. The standard InChI is InChI=1S/C10H18N2O/c1-2-7-12-10(13)9-6-4-3-5-8-11-9/h2,9,11H,1,3-8H2,(H,12,13). The predicted molar refractivity (Wildman–Crippen MR) is 53.5 cm³/mol. The molecule has 0 aromatic carbocycles. The van der Waals surface area contributed by atoms with Crippen molar-refractivity contribution in [2.45, 2.75) is 31.7 Å². The number of carbonyl (C=O) groups excluding carboxylic acids is 1. The molecule has 1 aliphatic heterocycles. The lowest BCUT2D eigenvalue weighted by atomic mass is 10.1. The molecular formula is C10H18N2O. The van der Waals surface area contributed by atoms with E-state index < -0.39 is 0 Å². The zero-order valence-electron chi connectivity index (χ0n) is 8.01. The van der Waals surface area contributed by atoms with Gasteiger partial charge in [0.2, 0.25) is 5.91 Å². The number of hydrogen-bond acceptors (Lipinski definition) is 2. The van der Waals surface area contributed by atoms with Crippen LogP contribution in [0.5, 0.6) is 0 Å². The third kappa shape index (κ3) is 3.59. The summed E-state index contributed by atoms with van der Waals surface area (Å²) in [5, 5.41) is 6.05. The van der Waals surface area contributed by atoms with Gasteiger partial charge in [-0.3, -0.25) is 4.79 Å². The van der Waals surface area contributed by atoms with Crippen molar-refractivity contribution in [3.63, 3.8) is 0 Å². The van der Waals surface area contributed by atoms with E-state index in [0.717, 1.165) is 19.4 Å². The second-order valence-corrected chi connectivity index (χ2v) is 3.39. The minimum Gasteiger partial charge on any atom is -0.351 e. The first kappa shape index (κ1) is 10.3. The molecule has 1 fully saturated rings. The zero-order chi connectivity index (χ0) is 9.52. The van der Waals surface area contributed by atoms with Crippen molar-refractivity contribution in [2.24, 2.45) is 0 Å². The number of hydrogen-bond donors (Lipinski definition) is 2. The van der Waals surface area contributed by atoms with Gasteiger partial charge in [0, 0.05) is 6.54 Å². The molecule has 1 rings (SSSR count). The van der Waals surface area contributed by atoms with Crippen LogP contribution in [0.3, 0.4) is 0 Å². The van der Waals surface area contributed by atoms with Crippen LogP contribution in [0.15, 0.2) is 12.7 Å². The summed E-state index contributed by atoms with van der Waals surface area (Å²) in [5.41, 5.74) is 0. The molecule has 0 radical (unpaired) electrons. The van der Waals surface area contributed by atoms with Crippen molar-refractivity contribution in [1.82, 2.24) is 10.6 Å². The van der Waals surface area contributed by atoms with Crippen LogP contribution in [0.25, 0.3) is 0 Å². The van der Waals surface area contributed by atoms with Gasteiger partial charge >= 0.3 is 0 Å². The SMILES string of the molecule is C=CCNC(=O)C1CCCCCN1. The summed E-state index contributed by atoms with van der Waals surface area (Å²) < 4.78 is 0. The largest absolute Gasteiger partial charge is 0.351 e. The Morgan fingerprint density at radius 1 is 1.54 bits per heavy atom. The van der Waals surface area contributed by atoms with Gasteiger partial charge < -0.3 is 10.6 Å². The Bertz CT molecular complexity index is 172. The molecule has 1 saturated heterocycles. The molecule has 3 nitrogen and oxygen atoms in total. The van der Waals surface area contributed by atoms with E-state index in [1.807, 2.05) is 0 Å². The van der Waals surface area contributed by atoms with Crippen molar-refractivity contribution >= 4 is 5.91 Å². The fraction of sp³-hybridized carbons (Fsp3) is 0.700. The van der Waals surface area contributed by atoms with Gasteiger partial charge in [0.1, 0.15) is 0 Å². The fourth-order valence-corrected chi connectivity index (χ4v) is 1.55. The summed E-state index contributed by atoms with van der Waals surface area (Å²) >= 11 is 0. The summed E-state index contributed by atoms with van der Waals surface area (Å²) in [4.78, 5) is 11.5. The molecule has 1 amide bonds. The van der Waals surface area contributed by atoms with E-state index in [2.05, 4.69) is 17.2 Å². The first-order valence-corrected chi connectivity index (χ1v) is 4.96. The van der Waals surface area contributed by atoms with Gasteiger partial charge in [0.05, 0.1) is 6.04 Å². The van der Waals surface area contributed by atoms with Crippen molar-refractivity contribution in [1.29, 1.82) is 0 Å². The molecular weight excluding hydrogens is 164 g/mol. The van der Waals surface area contributed by atoms with Gasteiger partial charge in [-0.2, -0.15) is 0 Å². The van der Waals surface area contributed by atoms with E-state index in [0.29, 0.717) is 6.54 Å². The van der Waals surface area contributed by atoms with Crippen molar-refractivity contribution < 1.29 is 4.79 Å². The molecule has 0 aliphatic carbocycles. The molecule has 3 heteroatoms. The third-order valence-corrected chi connectivity index (χ3v) is 2.30. The first-order valence-electron chi connectivity index (χ1n) is 4.96. The smallest absolute Gasteiger partial charge is 0.237 e. The predicted octanol–water partition coefficient (Wildman–Crippen LogP) is 0.821. The molecule has 13 heavy (non-hydrogen) atoms. The lowest BCUT2D eigenvalue weighted by molar-refractivity contribution is -0.123. The highest BCUT2D eigenvalue weighted by atomic mass is 16.2. The van der Waals surface area contributed by atoms with E-state index in [1.165, 1.54) is 12.8 Å². The second kappa shape index (κ2) is 5.75. The van der Waals surface area contributed by atoms with Crippen LogP contribution >= 0.6 is 0 Å². The van der Waals surface area contributed by atoms with Gasteiger partial charge in [-0.05, 0) is 19.4 Å². The fourth-order valence-electron chi connectivity index (χ4n) is 1.55. The summed E-state index contributed by atoms with van der Waals surface area (Å²) in [6.45, 7) is 5.09. The monoisotopic (exact) mass is 182 g/mol. The molecule has 1 atom stereocenters. The molecule has 0 spiro atoms. The van der Waals surface area contributed by atoms with Gasteiger partial charge in [-0.15, -0.1) is 6.58 Å². The molecule has 2 N–H and O–H groups in total. The molecule has 1 unspecified atom stereocenters. The Labute approximate surface area is 79.6 Å². The lowest BCUT2D eigenvalue weighted by Gasteiger charge is -2.14. The van der Waals surface area contributed by atoms with Gasteiger partial charge in [0.15, 0.2) is 0 Å². The van der Waals surface area contributed by atoms with Gasteiger partial charge in [-0.25, -0.2) is 0 Å². The van der Waals surface area contributed by atoms with Crippen molar-refractivity contribution in [3.05, 3.63) is 12.7 Å². The van der Waals surface area contributed by atoms with Crippen molar-refractivity contribution in [3.8, 4) is 0 Å². The minimum absolute atomic E-state index is 0.0162. The van der Waals surface area contributed by atoms with Gasteiger partial charge in [-0.1, -0.05) is 18.9 Å². The van der Waals surface area contributed by atoms with Crippen LogP contribution in [-0.2, 0) is 4.79 Å². The molecule has 0 bridgehead atoms. The molecule has 0 aromatic rings. The highest BCUT2D eigenvalue weighted by Crippen LogP contribution is 2.07. The van der Waals surface area contributed by atoms with Crippen molar-refractivity contribution in [2.75, 3.05) is 13.1 Å². The first-order chi connectivity index (χ1) is 6.34. The number of amides is 1. The van der Waals surface area contributed by atoms with E-state index in [-0.39, 0.29) is 11.9 Å². The summed E-state index contributed by atoms with van der Waals surface area (Å²) in [5.74, 6) is 0.113. The van der Waals surface area contributed by atoms with Crippen LogP contribution < -0.4 is 10.6 Å². The lowest BCUT2D eigenvalue weighted by Crippen LogP contribution is -2.43. The molecule has 0 saturated carbocycles. The Balaban J connectivity index is 2.30. The average Bonchev–Trinajstić information content (AvgIpc) is 2.42. The quantitative estimate of drug-likeness (QED) is 0.634. The minimum atomic E-state index is 0.0162. The molecule has 1 heterocycles. The number of rotatable bonds is 3. The molecule has 1 aliphatic rings. The average molecular weight is 182 g/mol. The van der Waals surface area contributed by atoms with E-state index >= 15 is 0 Å². The Morgan fingerprint density at radius 2 is 2.38 bits per heavy atom. The third-order valence-electron chi connectivity index (χ3n) is 2.30. The summed E-state index contributed by atoms with van der Waals surface area (Å²) in [7, 11) is 0. The van der Waals surface area contributed by atoms with Gasteiger partial charge in [0.25, 0.3) is 0 Å². The maximum Gasteiger partial charge on any atom is 0.237 e. The van der Waals surface area contributed by atoms with Crippen LogP contribution in [0.4, 0.5) is 0 Å². The highest BCUT2D eigenvalue weighted by Gasteiger charge is 2.18. The zero-order valence-corrected chi connectivity index (χ0v) is 8.01. The normalized spacial score (nSPS) is 23.2.